The fourth-order valence-electron chi connectivity index (χ4n) is 2.52. The lowest BCUT2D eigenvalue weighted by atomic mass is 10.1. The summed E-state index contributed by atoms with van der Waals surface area (Å²) in [4.78, 5) is 22.1. The largest absolute Gasteiger partial charge is 0.505 e. The first-order valence-corrected chi connectivity index (χ1v) is 7.99. The first-order valence-electron chi connectivity index (χ1n) is 7.99. The molecule has 3 aromatic rings. The van der Waals surface area contributed by atoms with Crippen LogP contribution in [-0.4, -0.2) is 16.6 Å². The van der Waals surface area contributed by atoms with Gasteiger partial charge in [-0.05, 0) is 37.6 Å². The summed E-state index contributed by atoms with van der Waals surface area (Å²) in [7, 11) is 0. The van der Waals surface area contributed by atoms with Crippen molar-refractivity contribution in [1.29, 1.82) is 0 Å². The predicted molar refractivity (Wildman–Crippen MR) is 97.3 cm³/mol. The fraction of sp³-hybridized carbons (Fsp3) is 0.167. The van der Waals surface area contributed by atoms with E-state index in [1.54, 1.807) is 19.9 Å². The van der Waals surface area contributed by atoms with Crippen LogP contribution in [0, 0.1) is 17.0 Å². The molecule has 9 nitrogen and oxygen atoms in total. The molecule has 9 heteroatoms. The van der Waals surface area contributed by atoms with Gasteiger partial charge >= 0.3 is 5.63 Å². The molecule has 0 bridgehead atoms. The molecule has 0 saturated heterocycles. The Labute approximate surface area is 152 Å². The zero-order chi connectivity index (χ0) is 19.6. The van der Waals surface area contributed by atoms with E-state index in [2.05, 4.69) is 10.2 Å². The number of phenolic OH excluding ortho intramolecular Hbond substituents is 1. The lowest BCUT2D eigenvalue weighted by Gasteiger charge is -2.05. The Morgan fingerprint density at radius 3 is 2.63 bits per heavy atom. The van der Waals surface area contributed by atoms with E-state index in [9.17, 15) is 20.0 Å². The topological polar surface area (TPSA) is 128 Å². The highest BCUT2D eigenvalue weighted by Gasteiger charge is 2.16. The number of nitro groups is 1. The number of azo groups is 1. The van der Waals surface area contributed by atoms with E-state index in [4.69, 9.17) is 9.15 Å². The van der Waals surface area contributed by atoms with Crippen LogP contribution in [0.15, 0.2) is 55.8 Å². The zero-order valence-electron chi connectivity index (χ0n) is 14.5. The summed E-state index contributed by atoms with van der Waals surface area (Å²) in [6.45, 7) is 3.86. The Kier molecular flexibility index (Phi) is 4.84. The van der Waals surface area contributed by atoms with Crippen LogP contribution in [0.5, 0.6) is 11.5 Å². The Balaban J connectivity index is 2.04. The smallest absolute Gasteiger partial charge is 0.336 e. The Hall–Kier alpha value is -3.75. The standard InChI is InChI=1S/C18H15N3O6/c1-3-26-11-4-5-13(15(7-11)21(24)25)19-20-14-8-12-10(2)6-18(23)27-17(12)9-16(14)22/h4-9,22H,3H2,1-2H3. The molecule has 0 saturated carbocycles. The molecule has 0 aliphatic rings. The Morgan fingerprint density at radius 2 is 1.93 bits per heavy atom. The minimum Gasteiger partial charge on any atom is -0.505 e. The molecule has 1 aromatic heterocycles. The number of benzene rings is 2. The van der Waals surface area contributed by atoms with Crippen LogP contribution in [0.1, 0.15) is 12.5 Å². The number of hydrogen-bond donors (Lipinski definition) is 1. The van der Waals surface area contributed by atoms with Crippen molar-refractivity contribution in [2.24, 2.45) is 10.2 Å². The van der Waals surface area contributed by atoms with Crippen molar-refractivity contribution in [2.75, 3.05) is 6.61 Å². The molecule has 1 heterocycles. The molecule has 3 rings (SSSR count). The van der Waals surface area contributed by atoms with Crippen LogP contribution >= 0.6 is 0 Å². The Morgan fingerprint density at radius 1 is 1.19 bits per heavy atom. The second kappa shape index (κ2) is 7.24. The van der Waals surface area contributed by atoms with Crippen LogP contribution < -0.4 is 10.4 Å². The van der Waals surface area contributed by atoms with Crippen molar-refractivity contribution >= 4 is 28.0 Å². The predicted octanol–water partition coefficient (Wildman–Crippen LogP) is 4.53. The summed E-state index contributed by atoms with van der Waals surface area (Å²) in [5, 5.41) is 29.7. The highest BCUT2D eigenvalue weighted by molar-refractivity contribution is 5.85. The quantitative estimate of drug-likeness (QED) is 0.304. The second-order valence-corrected chi connectivity index (χ2v) is 5.63. The molecule has 0 spiro atoms. The average molecular weight is 369 g/mol. The molecule has 0 amide bonds. The molecule has 0 aliphatic heterocycles. The van der Waals surface area contributed by atoms with E-state index < -0.39 is 10.5 Å². The summed E-state index contributed by atoms with van der Waals surface area (Å²) in [6.07, 6.45) is 0. The van der Waals surface area contributed by atoms with Gasteiger partial charge in [-0.15, -0.1) is 10.2 Å². The van der Waals surface area contributed by atoms with E-state index in [-0.39, 0.29) is 28.4 Å². The maximum Gasteiger partial charge on any atom is 0.336 e. The van der Waals surface area contributed by atoms with Crippen LogP contribution in [0.3, 0.4) is 0 Å². The van der Waals surface area contributed by atoms with Gasteiger partial charge in [0.05, 0.1) is 17.6 Å². The highest BCUT2D eigenvalue weighted by atomic mass is 16.6. The highest BCUT2D eigenvalue weighted by Crippen LogP contribution is 2.36. The molecule has 27 heavy (non-hydrogen) atoms. The van der Waals surface area contributed by atoms with Gasteiger partial charge in [-0.2, -0.15) is 0 Å². The van der Waals surface area contributed by atoms with Gasteiger partial charge in [0, 0.05) is 17.5 Å². The van der Waals surface area contributed by atoms with Gasteiger partial charge in [0.1, 0.15) is 22.8 Å². The van der Waals surface area contributed by atoms with Crippen molar-refractivity contribution < 1.29 is 19.2 Å². The van der Waals surface area contributed by atoms with Gasteiger partial charge in [0.2, 0.25) is 0 Å². The number of hydrogen-bond acceptors (Lipinski definition) is 8. The Bertz CT molecular complexity index is 1120. The molecular weight excluding hydrogens is 354 g/mol. The summed E-state index contributed by atoms with van der Waals surface area (Å²) in [5.74, 6) is 0.0796. The third-order valence-electron chi connectivity index (χ3n) is 3.77. The summed E-state index contributed by atoms with van der Waals surface area (Å²) >= 11 is 0. The molecule has 0 unspecified atom stereocenters. The second-order valence-electron chi connectivity index (χ2n) is 5.63. The minimum atomic E-state index is -0.587. The molecule has 138 valence electrons. The molecule has 2 aromatic carbocycles. The van der Waals surface area contributed by atoms with Gasteiger partial charge in [0.15, 0.2) is 5.69 Å². The fourth-order valence-corrected chi connectivity index (χ4v) is 2.52. The number of aromatic hydroxyl groups is 1. The van der Waals surface area contributed by atoms with Crippen LogP contribution in [0.2, 0.25) is 0 Å². The van der Waals surface area contributed by atoms with E-state index in [0.29, 0.717) is 23.3 Å². The summed E-state index contributed by atoms with van der Waals surface area (Å²) < 4.78 is 10.3. The number of aryl methyl sites for hydroxylation is 1. The SMILES string of the molecule is CCOc1ccc(N=Nc2cc3c(C)cc(=O)oc3cc2O)c([N+](=O)[O-])c1. The minimum absolute atomic E-state index is 0.0132. The maximum absolute atomic E-state index is 11.4. The summed E-state index contributed by atoms with van der Waals surface area (Å²) in [6, 6.07) is 8.28. The molecule has 0 radical (unpaired) electrons. The van der Waals surface area contributed by atoms with E-state index >= 15 is 0 Å². The van der Waals surface area contributed by atoms with Crippen molar-refractivity contribution in [2.45, 2.75) is 13.8 Å². The van der Waals surface area contributed by atoms with E-state index in [1.165, 1.54) is 30.3 Å². The lowest BCUT2D eigenvalue weighted by Crippen LogP contribution is -1.97. The van der Waals surface area contributed by atoms with Crippen molar-refractivity contribution in [1.82, 2.24) is 0 Å². The lowest BCUT2D eigenvalue weighted by molar-refractivity contribution is -0.384. The maximum atomic E-state index is 11.4. The number of nitro benzene ring substituents is 1. The van der Waals surface area contributed by atoms with Crippen LogP contribution in [0.25, 0.3) is 11.0 Å². The molecule has 0 fully saturated rings. The van der Waals surface area contributed by atoms with Gasteiger partial charge in [-0.1, -0.05) is 0 Å². The molecule has 0 atom stereocenters. The zero-order valence-corrected chi connectivity index (χ0v) is 14.5. The first kappa shape index (κ1) is 18.1. The van der Waals surface area contributed by atoms with Gasteiger partial charge in [-0.3, -0.25) is 10.1 Å². The average Bonchev–Trinajstić information content (AvgIpc) is 2.61. The van der Waals surface area contributed by atoms with Gasteiger partial charge in [0.25, 0.3) is 5.69 Å². The van der Waals surface area contributed by atoms with Crippen molar-refractivity contribution in [3.63, 3.8) is 0 Å². The third-order valence-corrected chi connectivity index (χ3v) is 3.77. The monoisotopic (exact) mass is 369 g/mol. The van der Waals surface area contributed by atoms with Gasteiger partial charge in [-0.25, -0.2) is 4.79 Å². The number of rotatable bonds is 5. The van der Waals surface area contributed by atoms with E-state index in [0.717, 1.165) is 0 Å². The van der Waals surface area contributed by atoms with Crippen molar-refractivity contribution in [3.05, 3.63) is 62.5 Å². The van der Waals surface area contributed by atoms with Crippen LogP contribution in [-0.2, 0) is 0 Å². The number of nitrogens with zero attached hydrogens (tertiary/aromatic N) is 3. The molecule has 1 N–H and O–H groups in total. The van der Waals surface area contributed by atoms with Crippen molar-refractivity contribution in [3.8, 4) is 11.5 Å². The van der Waals surface area contributed by atoms with E-state index in [1.807, 2.05) is 0 Å². The third kappa shape index (κ3) is 3.76. The van der Waals surface area contributed by atoms with Gasteiger partial charge < -0.3 is 14.3 Å². The first-order chi connectivity index (χ1) is 12.9. The number of ether oxygens (including phenoxy) is 1. The molecule has 0 aliphatic carbocycles. The molecular formula is C18H15N3O6. The van der Waals surface area contributed by atoms with Crippen LogP contribution in [0.4, 0.5) is 17.1 Å². The normalized spacial score (nSPS) is 11.2. The number of fused-ring (bicyclic) bond motifs is 1. The summed E-state index contributed by atoms with van der Waals surface area (Å²) in [5.41, 5.74) is 0.154. The number of phenols is 1.